The minimum atomic E-state index is 0.189. The number of alkyl halides is 1. The molecule has 0 N–H and O–H groups in total. The zero-order chi connectivity index (χ0) is 10.4. The lowest BCUT2D eigenvalue weighted by molar-refractivity contribution is 0.156. The van der Waals surface area contributed by atoms with E-state index in [4.69, 9.17) is 9.15 Å². The summed E-state index contributed by atoms with van der Waals surface area (Å²) >= 11 is 3.51. The second-order valence-corrected chi connectivity index (χ2v) is 5.35. The molecule has 15 heavy (non-hydrogen) atoms. The standard InChI is InChI=1S/C10H13BrN2O2/c1-2-7(11)9-12-13-10(15-9)8-5-3-14-4-6(5)8/h5-8H,2-4H2,1H3. The Balaban J connectivity index is 1.75. The van der Waals surface area contributed by atoms with E-state index in [1.165, 1.54) is 0 Å². The highest BCUT2D eigenvalue weighted by atomic mass is 79.9. The van der Waals surface area contributed by atoms with E-state index >= 15 is 0 Å². The maximum Gasteiger partial charge on any atom is 0.230 e. The van der Waals surface area contributed by atoms with Gasteiger partial charge in [0, 0.05) is 5.92 Å². The van der Waals surface area contributed by atoms with Crippen LogP contribution in [-0.2, 0) is 4.74 Å². The van der Waals surface area contributed by atoms with E-state index in [0.29, 0.717) is 23.6 Å². The summed E-state index contributed by atoms with van der Waals surface area (Å²) in [6.45, 7) is 3.81. The molecule has 1 aromatic rings. The maximum absolute atomic E-state index is 5.67. The van der Waals surface area contributed by atoms with Gasteiger partial charge in [0.1, 0.15) is 0 Å². The molecule has 2 aliphatic rings. The van der Waals surface area contributed by atoms with E-state index in [1.807, 2.05) is 0 Å². The zero-order valence-electron chi connectivity index (χ0n) is 8.52. The van der Waals surface area contributed by atoms with Gasteiger partial charge >= 0.3 is 0 Å². The van der Waals surface area contributed by atoms with Crippen molar-refractivity contribution in [3.05, 3.63) is 11.8 Å². The van der Waals surface area contributed by atoms with Crippen LogP contribution >= 0.6 is 15.9 Å². The second-order valence-electron chi connectivity index (χ2n) is 4.25. The topological polar surface area (TPSA) is 48.2 Å². The van der Waals surface area contributed by atoms with Gasteiger partial charge < -0.3 is 9.15 Å². The van der Waals surface area contributed by atoms with Crippen molar-refractivity contribution in [2.75, 3.05) is 13.2 Å². The molecule has 5 heteroatoms. The third kappa shape index (κ3) is 1.52. The van der Waals surface area contributed by atoms with Crippen molar-refractivity contribution in [3.63, 3.8) is 0 Å². The molecular formula is C10H13BrN2O2. The first-order valence-corrected chi connectivity index (χ1v) is 6.28. The van der Waals surface area contributed by atoms with Crippen LogP contribution < -0.4 is 0 Å². The van der Waals surface area contributed by atoms with Gasteiger partial charge in [-0.2, -0.15) is 0 Å². The molecule has 82 valence electrons. The number of hydrogen-bond acceptors (Lipinski definition) is 4. The van der Waals surface area contributed by atoms with Crippen molar-refractivity contribution < 1.29 is 9.15 Å². The van der Waals surface area contributed by atoms with Crippen LogP contribution in [0.1, 0.15) is 35.9 Å². The fourth-order valence-corrected chi connectivity index (χ4v) is 2.47. The number of nitrogens with zero attached hydrogens (tertiary/aromatic N) is 2. The van der Waals surface area contributed by atoms with Crippen molar-refractivity contribution in [2.24, 2.45) is 11.8 Å². The van der Waals surface area contributed by atoms with Crippen molar-refractivity contribution in [2.45, 2.75) is 24.1 Å². The number of fused-ring (bicyclic) bond motifs is 1. The zero-order valence-corrected chi connectivity index (χ0v) is 10.1. The van der Waals surface area contributed by atoms with Gasteiger partial charge in [0.25, 0.3) is 0 Å². The van der Waals surface area contributed by atoms with Crippen molar-refractivity contribution in [1.82, 2.24) is 10.2 Å². The molecule has 0 spiro atoms. The Morgan fingerprint density at radius 2 is 2.13 bits per heavy atom. The molecule has 0 amide bonds. The SMILES string of the molecule is CCC(Br)c1nnc(C2C3COCC32)o1. The minimum Gasteiger partial charge on any atom is -0.424 e. The minimum absolute atomic E-state index is 0.189. The monoisotopic (exact) mass is 272 g/mol. The van der Waals surface area contributed by atoms with Crippen LogP contribution in [0.25, 0.3) is 0 Å². The summed E-state index contributed by atoms with van der Waals surface area (Å²) in [5.41, 5.74) is 0. The van der Waals surface area contributed by atoms with Gasteiger partial charge in [-0.3, -0.25) is 0 Å². The van der Waals surface area contributed by atoms with Crippen molar-refractivity contribution in [3.8, 4) is 0 Å². The lowest BCUT2D eigenvalue weighted by Gasteiger charge is -1.99. The van der Waals surface area contributed by atoms with Crippen LogP contribution in [0.3, 0.4) is 0 Å². The van der Waals surface area contributed by atoms with Gasteiger partial charge in [-0.1, -0.05) is 22.9 Å². The summed E-state index contributed by atoms with van der Waals surface area (Å²) < 4.78 is 11.0. The fraction of sp³-hybridized carbons (Fsp3) is 0.800. The van der Waals surface area contributed by atoms with Crippen molar-refractivity contribution >= 4 is 15.9 Å². The summed E-state index contributed by atoms with van der Waals surface area (Å²) in [7, 11) is 0. The van der Waals surface area contributed by atoms with Gasteiger partial charge in [-0.15, -0.1) is 10.2 Å². The van der Waals surface area contributed by atoms with Gasteiger partial charge in [0.15, 0.2) is 0 Å². The highest BCUT2D eigenvalue weighted by Crippen LogP contribution is 2.57. The lowest BCUT2D eigenvalue weighted by atomic mass is 10.3. The smallest absolute Gasteiger partial charge is 0.230 e. The average molecular weight is 273 g/mol. The molecule has 1 saturated carbocycles. The first kappa shape index (κ1) is 9.78. The van der Waals surface area contributed by atoms with E-state index in [0.717, 1.165) is 25.5 Å². The summed E-state index contributed by atoms with van der Waals surface area (Å²) in [6, 6.07) is 0. The van der Waals surface area contributed by atoms with E-state index in [1.54, 1.807) is 0 Å². The number of aromatic nitrogens is 2. The Bertz CT molecular complexity index is 358. The van der Waals surface area contributed by atoms with Crippen LogP contribution in [0.2, 0.25) is 0 Å². The molecule has 0 radical (unpaired) electrons. The first-order chi connectivity index (χ1) is 7.31. The highest BCUT2D eigenvalue weighted by Gasteiger charge is 2.57. The Labute approximate surface area is 96.5 Å². The van der Waals surface area contributed by atoms with E-state index < -0.39 is 0 Å². The second kappa shape index (κ2) is 3.56. The normalized spacial score (nSPS) is 35.2. The third-order valence-corrected chi connectivity index (χ3v) is 4.36. The molecule has 2 fully saturated rings. The molecule has 1 aromatic heterocycles. The average Bonchev–Trinajstić information content (AvgIpc) is 2.74. The molecule has 3 rings (SSSR count). The van der Waals surface area contributed by atoms with Crippen LogP contribution in [0, 0.1) is 11.8 Å². The van der Waals surface area contributed by atoms with E-state index in [2.05, 4.69) is 33.1 Å². The molecule has 3 unspecified atom stereocenters. The summed E-state index contributed by atoms with van der Waals surface area (Å²) in [5.74, 6) is 3.25. The quantitative estimate of drug-likeness (QED) is 0.793. The first-order valence-electron chi connectivity index (χ1n) is 5.36. The number of rotatable bonds is 3. The Morgan fingerprint density at radius 1 is 1.40 bits per heavy atom. The molecule has 1 saturated heterocycles. The Morgan fingerprint density at radius 3 is 2.80 bits per heavy atom. The van der Waals surface area contributed by atoms with Gasteiger partial charge in [-0.05, 0) is 18.3 Å². The van der Waals surface area contributed by atoms with Gasteiger partial charge in [-0.25, -0.2) is 0 Å². The predicted molar refractivity (Wildman–Crippen MR) is 56.8 cm³/mol. The molecule has 1 aliphatic heterocycles. The van der Waals surface area contributed by atoms with Crippen LogP contribution in [0.4, 0.5) is 0 Å². The summed E-state index contributed by atoms with van der Waals surface area (Å²) in [4.78, 5) is 0.189. The lowest BCUT2D eigenvalue weighted by Crippen LogP contribution is -1.97. The van der Waals surface area contributed by atoms with Crippen LogP contribution in [0.15, 0.2) is 4.42 Å². The number of halogens is 1. The van der Waals surface area contributed by atoms with Crippen molar-refractivity contribution in [1.29, 1.82) is 0 Å². The Kier molecular flexibility index (Phi) is 2.32. The highest BCUT2D eigenvalue weighted by molar-refractivity contribution is 9.09. The number of ether oxygens (including phenoxy) is 1. The third-order valence-electron chi connectivity index (χ3n) is 3.32. The molecule has 3 atom stereocenters. The largest absolute Gasteiger partial charge is 0.424 e. The molecule has 1 aliphatic carbocycles. The molecule has 2 heterocycles. The van der Waals surface area contributed by atoms with Gasteiger partial charge in [0.2, 0.25) is 11.8 Å². The fourth-order valence-electron chi connectivity index (χ4n) is 2.29. The van der Waals surface area contributed by atoms with E-state index in [9.17, 15) is 0 Å². The predicted octanol–water partition coefficient (Wildman–Crippen LogP) is 2.28. The van der Waals surface area contributed by atoms with Gasteiger partial charge in [0.05, 0.1) is 18.0 Å². The molecule has 0 aromatic carbocycles. The molecule has 4 nitrogen and oxygen atoms in total. The summed E-state index contributed by atoms with van der Waals surface area (Å²) in [6.07, 6.45) is 0.961. The van der Waals surface area contributed by atoms with E-state index in [-0.39, 0.29) is 4.83 Å². The molecule has 0 bridgehead atoms. The van der Waals surface area contributed by atoms with Crippen LogP contribution in [-0.4, -0.2) is 23.4 Å². The Hall–Kier alpha value is -0.420. The molecular weight excluding hydrogens is 260 g/mol. The maximum atomic E-state index is 5.67. The number of hydrogen-bond donors (Lipinski definition) is 0. The summed E-state index contributed by atoms with van der Waals surface area (Å²) in [5, 5.41) is 8.20. The van der Waals surface area contributed by atoms with Crippen LogP contribution in [0.5, 0.6) is 0 Å².